The van der Waals surface area contributed by atoms with Crippen LogP contribution < -0.4 is 10.6 Å². The number of hydrogen-bond acceptors (Lipinski definition) is 4. The van der Waals surface area contributed by atoms with E-state index in [9.17, 15) is 14.7 Å². The number of amides is 2. The van der Waals surface area contributed by atoms with Crippen molar-refractivity contribution in [3.05, 3.63) is 47.9 Å². The van der Waals surface area contributed by atoms with E-state index in [0.29, 0.717) is 22.7 Å². The fourth-order valence-electron chi connectivity index (χ4n) is 1.92. The van der Waals surface area contributed by atoms with Gasteiger partial charge < -0.3 is 20.2 Å². The highest BCUT2D eigenvalue weighted by Crippen LogP contribution is 2.16. The number of benzene rings is 1. The summed E-state index contributed by atoms with van der Waals surface area (Å²) in [7, 11) is 0. The van der Waals surface area contributed by atoms with Crippen LogP contribution in [0.1, 0.15) is 30.0 Å². The molecule has 6 nitrogen and oxygen atoms in total. The molecule has 1 heterocycles. The Labute approximate surface area is 134 Å². The Balaban J connectivity index is 1.97. The highest BCUT2D eigenvalue weighted by atomic mass is 16.3. The van der Waals surface area contributed by atoms with Crippen LogP contribution in [0, 0.1) is 12.8 Å². The maximum absolute atomic E-state index is 12.0. The zero-order valence-corrected chi connectivity index (χ0v) is 13.3. The maximum atomic E-state index is 12.0. The minimum Gasteiger partial charge on any atom is -0.469 e. The van der Waals surface area contributed by atoms with Gasteiger partial charge in [0.05, 0.1) is 5.56 Å². The van der Waals surface area contributed by atoms with Crippen LogP contribution >= 0.6 is 0 Å². The number of aryl methyl sites for hydroxylation is 1. The first kappa shape index (κ1) is 16.8. The summed E-state index contributed by atoms with van der Waals surface area (Å²) in [4.78, 5) is 23.7. The molecule has 23 heavy (non-hydrogen) atoms. The van der Waals surface area contributed by atoms with Crippen molar-refractivity contribution in [2.75, 3.05) is 10.6 Å². The Morgan fingerprint density at radius 1 is 1.09 bits per heavy atom. The second-order valence-electron chi connectivity index (χ2n) is 5.66. The van der Waals surface area contributed by atoms with Gasteiger partial charge in [0.25, 0.3) is 11.8 Å². The second kappa shape index (κ2) is 7.11. The van der Waals surface area contributed by atoms with Gasteiger partial charge >= 0.3 is 0 Å². The van der Waals surface area contributed by atoms with Gasteiger partial charge in [0.1, 0.15) is 18.1 Å². The maximum Gasteiger partial charge on any atom is 0.258 e. The van der Waals surface area contributed by atoms with Gasteiger partial charge in [-0.3, -0.25) is 9.59 Å². The molecule has 0 aliphatic heterocycles. The van der Waals surface area contributed by atoms with Gasteiger partial charge in [-0.2, -0.15) is 0 Å². The predicted octanol–water partition coefficient (Wildman–Crippen LogP) is 2.80. The standard InChI is InChI=1S/C17H20N2O4/c1-10(2)15(20)17(22)19-14-6-4-13(5-7-14)18-16(21)12-8-11(3)23-9-12/h4-10,15,20H,1-3H3,(H,18,21)(H,19,22). The third kappa shape index (κ3) is 4.43. The second-order valence-corrected chi connectivity index (χ2v) is 5.66. The lowest BCUT2D eigenvalue weighted by Gasteiger charge is -2.14. The van der Waals surface area contributed by atoms with E-state index >= 15 is 0 Å². The highest BCUT2D eigenvalue weighted by Gasteiger charge is 2.18. The molecule has 0 aliphatic rings. The molecule has 0 saturated carbocycles. The number of carbonyl (C=O) groups excluding carboxylic acids is 2. The van der Waals surface area contributed by atoms with Crippen molar-refractivity contribution >= 4 is 23.2 Å². The molecule has 0 radical (unpaired) electrons. The monoisotopic (exact) mass is 316 g/mol. The lowest BCUT2D eigenvalue weighted by atomic mass is 10.1. The van der Waals surface area contributed by atoms with E-state index in [1.54, 1.807) is 51.1 Å². The summed E-state index contributed by atoms with van der Waals surface area (Å²) in [6.07, 6.45) is 0.339. The number of aliphatic hydroxyl groups is 1. The Morgan fingerprint density at radius 3 is 2.13 bits per heavy atom. The van der Waals surface area contributed by atoms with Crippen molar-refractivity contribution in [3.8, 4) is 0 Å². The molecule has 0 fully saturated rings. The molecule has 3 N–H and O–H groups in total. The van der Waals surface area contributed by atoms with Crippen LogP contribution in [0.2, 0.25) is 0 Å². The molecule has 2 rings (SSSR count). The lowest BCUT2D eigenvalue weighted by molar-refractivity contribution is -0.125. The topological polar surface area (TPSA) is 91.6 Å². The summed E-state index contributed by atoms with van der Waals surface area (Å²) in [6.45, 7) is 5.29. The average Bonchev–Trinajstić information content (AvgIpc) is 2.95. The van der Waals surface area contributed by atoms with Crippen LogP contribution in [-0.4, -0.2) is 23.0 Å². The number of hydrogen-bond donors (Lipinski definition) is 3. The summed E-state index contributed by atoms with van der Waals surface area (Å²) in [5.74, 6) is -0.219. The van der Waals surface area contributed by atoms with Crippen LogP contribution in [0.5, 0.6) is 0 Å². The van der Waals surface area contributed by atoms with E-state index in [4.69, 9.17) is 4.42 Å². The smallest absolute Gasteiger partial charge is 0.258 e. The van der Waals surface area contributed by atoms with Gasteiger partial charge in [0, 0.05) is 11.4 Å². The van der Waals surface area contributed by atoms with Crippen LogP contribution in [0.25, 0.3) is 0 Å². The van der Waals surface area contributed by atoms with Gasteiger partial charge in [0.2, 0.25) is 0 Å². The summed E-state index contributed by atoms with van der Waals surface area (Å²) in [5.41, 5.74) is 1.59. The van der Waals surface area contributed by atoms with Crippen LogP contribution in [0.15, 0.2) is 41.0 Å². The van der Waals surface area contributed by atoms with E-state index in [1.807, 2.05) is 0 Å². The predicted molar refractivity (Wildman–Crippen MR) is 87.3 cm³/mol. The van der Waals surface area contributed by atoms with Crippen LogP contribution in [0.3, 0.4) is 0 Å². The summed E-state index contributed by atoms with van der Waals surface area (Å²) in [6, 6.07) is 8.30. The van der Waals surface area contributed by atoms with Crippen molar-refractivity contribution < 1.29 is 19.1 Å². The molecule has 1 atom stereocenters. The van der Waals surface area contributed by atoms with Crippen LogP contribution in [-0.2, 0) is 4.79 Å². The van der Waals surface area contributed by atoms with Gasteiger partial charge in [-0.15, -0.1) is 0 Å². The zero-order valence-electron chi connectivity index (χ0n) is 13.3. The molecular formula is C17H20N2O4. The van der Waals surface area contributed by atoms with Crippen molar-refractivity contribution in [2.45, 2.75) is 26.9 Å². The molecule has 0 saturated heterocycles. The molecule has 2 aromatic rings. The fourth-order valence-corrected chi connectivity index (χ4v) is 1.92. The fraction of sp³-hybridized carbons (Fsp3) is 0.294. The number of nitrogens with one attached hydrogen (secondary N) is 2. The first-order valence-electron chi connectivity index (χ1n) is 7.32. The normalized spacial score (nSPS) is 12.0. The molecule has 0 aliphatic carbocycles. The minimum atomic E-state index is -1.06. The van der Waals surface area contributed by atoms with Crippen LogP contribution in [0.4, 0.5) is 11.4 Å². The minimum absolute atomic E-state index is 0.160. The van der Waals surface area contributed by atoms with E-state index < -0.39 is 12.0 Å². The molecule has 6 heteroatoms. The Kier molecular flexibility index (Phi) is 5.18. The Hall–Kier alpha value is -2.60. The Morgan fingerprint density at radius 2 is 1.65 bits per heavy atom. The number of aliphatic hydroxyl groups excluding tert-OH is 1. The van der Waals surface area contributed by atoms with Gasteiger partial charge in [-0.05, 0) is 43.2 Å². The van der Waals surface area contributed by atoms with E-state index in [1.165, 1.54) is 6.26 Å². The molecular weight excluding hydrogens is 296 g/mol. The number of furan rings is 1. The first-order chi connectivity index (χ1) is 10.9. The number of anilines is 2. The van der Waals surface area contributed by atoms with E-state index in [2.05, 4.69) is 10.6 Å². The number of rotatable bonds is 5. The molecule has 122 valence electrons. The Bertz CT molecular complexity index is 689. The third-order valence-corrected chi connectivity index (χ3v) is 3.30. The summed E-state index contributed by atoms with van der Waals surface area (Å²) >= 11 is 0. The molecule has 1 aromatic carbocycles. The average molecular weight is 316 g/mol. The van der Waals surface area contributed by atoms with E-state index in [-0.39, 0.29) is 11.8 Å². The van der Waals surface area contributed by atoms with E-state index in [0.717, 1.165) is 0 Å². The van der Waals surface area contributed by atoms with Crippen molar-refractivity contribution in [2.24, 2.45) is 5.92 Å². The molecule has 0 spiro atoms. The SMILES string of the molecule is Cc1cc(C(=O)Nc2ccc(NC(=O)C(O)C(C)C)cc2)co1. The number of carbonyl (C=O) groups is 2. The van der Waals surface area contributed by atoms with Crippen molar-refractivity contribution in [1.82, 2.24) is 0 Å². The van der Waals surface area contributed by atoms with Gasteiger partial charge in [-0.1, -0.05) is 13.8 Å². The molecule has 2 amide bonds. The summed E-state index contributed by atoms with van der Waals surface area (Å²) in [5, 5.41) is 15.0. The first-order valence-corrected chi connectivity index (χ1v) is 7.32. The quantitative estimate of drug-likeness (QED) is 0.791. The van der Waals surface area contributed by atoms with Gasteiger partial charge in [-0.25, -0.2) is 0 Å². The zero-order chi connectivity index (χ0) is 17.0. The molecule has 1 aromatic heterocycles. The van der Waals surface area contributed by atoms with Crippen molar-refractivity contribution in [1.29, 1.82) is 0 Å². The highest BCUT2D eigenvalue weighted by molar-refractivity contribution is 6.04. The molecule has 1 unspecified atom stereocenters. The largest absolute Gasteiger partial charge is 0.469 e. The summed E-state index contributed by atoms with van der Waals surface area (Å²) < 4.78 is 5.10. The lowest BCUT2D eigenvalue weighted by Crippen LogP contribution is -2.31. The van der Waals surface area contributed by atoms with Crippen molar-refractivity contribution in [3.63, 3.8) is 0 Å². The van der Waals surface area contributed by atoms with Gasteiger partial charge in [0.15, 0.2) is 0 Å². The molecule has 0 bridgehead atoms. The third-order valence-electron chi connectivity index (χ3n) is 3.30.